The van der Waals surface area contributed by atoms with Crippen molar-refractivity contribution in [2.24, 2.45) is 5.92 Å². The third-order valence-electron chi connectivity index (χ3n) is 4.38. The van der Waals surface area contributed by atoms with Gasteiger partial charge in [-0.05, 0) is 45.4 Å². The first-order chi connectivity index (χ1) is 9.65. The van der Waals surface area contributed by atoms with Crippen LogP contribution in [0.3, 0.4) is 0 Å². The second kappa shape index (κ2) is 5.86. The number of halogens is 1. The zero-order chi connectivity index (χ0) is 14.1. The van der Waals surface area contributed by atoms with E-state index in [0.29, 0.717) is 23.0 Å². The van der Waals surface area contributed by atoms with Crippen molar-refractivity contribution in [2.45, 2.75) is 51.5 Å². The molecule has 4 nitrogen and oxygen atoms in total. The van der Waals surface area contributed by atoms with Gasteiger partial charge in [0.2, 0.25) is 0 Å². The van der Waals surface area contributed by atoms with Crippen molar-refractivity contribution >= 4 is 17.4 Å². The number of nitrogens with one attached hydrogen (secondary N) is 1. The summed E-state index contributed by atoms with van der Waals surface area (Å²) in [5.41, 5.74) is 0.954. The van der Waals surface area contributed by atoms with Crippen LogP contribution in [-0.4, -0.2) is 29.2 Å². The summed E-state index contributed by atoms with van der Waals surface area (Å²) >= 11 is 6.25. The molecule has 2 fully saturated rings. The van der Waals surface area contributed by atoms with Gasteiger partial charge in [-0.1, -0.05) is 11.6 Å². The third kappa shape index (κ3) is 3.07. The van der Waals surface area contributed by atoms with Crippen LogP contribution in [0.25, 0.3) is 0 Å². The molecule has 110 valence electrons. The van der Waals surface area contributed by atoms with Gasteiger partial charge in [0, 0.05) is 30.7 Å². The molecule has 1 saturated carbocycles. The number of rotatable bonds is 4. The van der Waals surface area contributed by atoms with Gasteiger partial charge in [0.25, 0.3) is 0 Å². The number of ether oxygens (including phenoxy) is 1. The van der Waals surface area contributed by atoms with E-state index in [-0.39, 0.29) is 0 Å². The number of aromatic nitrogens is 2. The van der Waals surface area contributed by atoms with Crippen molar-refractivity contribution < 1.29 is 4.74 Å². The van der Waals surface area contributed by atoms with Crippen molar-refractivity contribution in [1.82, 2.24) is 9.97 Å². The average Bonchev–Trinajstić information content (AvgIpc) is 3.29. The lowest BCUT2D eigenvalue weighted by molar-refractivity contribution is 0.0622. The van der Waals surface area contributed by atoms with E-state index >= 15 is 0 Å². The Balaban J connectivity index is 1.75. The van der Waals surface area contributed by atoms with Gasteiger partial charge in [-0.15, -0.1) is 0 Å². The van der Waals surface area contributed by atoms with Crippen molar-refractivity contribution in [2.75, 3.05) is 18.5 Å². The standard InChI is InChI=1S/C15H22ClN3O/c1-9-13(16)18-15(12-3-4-12)19-14(9)17-10(2)11-5-7-20-8-6-11/h10-12H,3-8H2,1-2H3,(H,17,18,19). The van der Waals surface area contributed by atoms with E-state index in [1.807, 2.05) is 6.92 Å². The zero-order valence-corrected chi connectivity index (χ0v) is 12.9. The summed E-state index contributed by atoms with van der Waals surface area (Å²) in [4.78, 5) is 9.10. The molecule has 20 heavy (non-hydrogen) atoms. The van der Waals surface area contributed by atoms with Crippen molar-refractivity contribution in [3.8, 4) is 0 Å². The van der Waals surface area contributed by atoms with E-state index in [1.165, 1.54) is 12.8 Å². The molecule has 1 unspecified atom stereocenters. The van der Waals surface area contributed by atoms with E-state index in [4.69, 9.17) is 21.3 Å². The molecular weight excluding hydrogens is 274 g/mol. The maximum atomic E-state index is 6.25. The predicted molar refractivity (Wildman–Crippen MR) is 80.4 cm³/mol. The molecule has 1 N–H and O–H groups in total. The van der Waals surface area contributed by atoms with Crippen LogP contribution < -0.4 is 5.32 Å². The lowest BCUT2D eigenvalue weighted by Crippen LogP contribution is -2.31. The minimum Gasteiger partial charge on any atom is -0.381 e. The lowest BCUT2D eigenvalue weighted by Gasteiger charge is -2.29. The fraction of sp³-hybridized carbons (Fsp3) is 0.733. The Labute approximate surface area is 125 Å². The second-order valence-corrected chi connectivity index (χ2v) is 6.36. The minimum atomic E-state index is 0.385. The van der Waals surface area contributed by atoms with Crippen LogP contribution in [0.4, 0.5) is 5.82 Å². The van der Waals surface area contributed by atoms with Gasteiger partial charge in [0.15, 0.2) is 0 Å². The Kier molecular flexibility index (Phi) is 4.13. The number of nitrogens with zero attached hydrogens (tertiary/aromatic N) is 2. The minimum absolute atomic E-state index is 0.385. The smallest absolute Gasteiger partial charge is 0.137 e. The Hall–Kier alpha value is -0.870. The van der Waals surface area contributed by atoms with Crippen LogP contribution in [0.1, 0.15) is 49.9 Å². The SMILES string of the molecule is Cc1c(Cl)nc(C2CC2)nc1NC(C)C1CCOCC1. The van der Waals surface area contributed by atoms with Crippen molar-refractivity contribution in [3.63, 3.8) is 0 Å². The molecular formula is C15H22ClN3O. The van der Waals surface area contributed by atoms with Gasteiger partial charge in [-0.2, -0.15) is 0 Å². The summed E-state index contributed by atoms with van der Waals surface area (Å²) in [5.74, 6) is 2.97. The molecule has 5 heteroatoms. The summed E-state index contributed by atoms with van der Waals surface area (Å²) in [6.07, 6.45) is 4.60. The maximum absolute atomic E-state index is 6.25. The van der Waals surface area contributed by atoms with Crippen LogP contribution in [0.15, 0.2) is 0 Å². The topological polar surface area (TPSA) is 47.0 Å². The highest BCUT2D eigenvalue weighted by Gasteiger charge is 2.28. The Bertz CT molecular complexity index is 484. The Morgan fingerprint density at radius 3 is 2.55 bits per heavy atom. The molecule has 1 aliphatic heterocycles. The molecule has 2 heterocycles. The third-order valence-corrected chi connectivity index (χ3v) is 4.75. The zero-order valence-electron chi connectivity index (χ0n) is 12.2. The Morgan fingerprint density at radius 2 is 1.90 bits per heavy atom. The van der Waals surface area contributed by atoms with Crippen molar-refractivity contribution in [1.29, 1.82) is 0 Å². The first kappa shape index (κ1) is 14.1. The van der Waals surface area contributed by atoms with Crippen LogP contribution in [0, 0.1) is 12.8 Å². The molecule has 1 aliphatic carbocycles. The highest BCUT2D eigenvalue weighted by molar-refractivity contribution is 6.30. The van der Waals surface area contributed by atoms with Crippen LogP contribution in [0.5, 0.6) is 0 Å². The quantitative estimate of drug-likeness (QED) is 0.863. The normalized spacial score (nSPS) is 21.8. The largest absolute Gasteiger partial charge is 0.381 e. The summed E-state index contributed by atoms with van der Waals surface area (Å²) in [7, 11) is 0. The summed E-state index contributed by atoms with van der Waals surface area (Å²) in [6.45, 7) is 5.95. The lowest BCUT2D eigenvalue weighted by atomic mass is 9.93. The molecule has 0 aromatic carbocycles. The van der Waals surface area contributed by atoms with Gasteiger partial charge in [-0.3, -0.25) is 0 Å². The second-order valence-electron chi connectivity index (χ2n) is 6.00. The van der Waals surface area contributed by atoms with Gasteiger partial charge in [0.05, 0.1) is 0 Å². The van der Waals surface area contributed by atoms with E-state index in [0.717, 1.165) is 43.3 Å². The number of anilines is 1. The molecule has 1 atom stereocenters. The first-order valence-electron chi connectivity index (χ1n) is 7.53. The highest BCUT2D eigenvalue weighted by Crippen LogP contribution is 2.39. The summed E-state index contributed by atoms with van der Waals surface area (Å²) in [6, 6.07) is 0.385. The van der Waals surface area contributed by atoms with E-state index < -0.39 is 0 Å². The molecule has 0 spiro atoms. The molecule has 1 aromatic heterocycles. The van der Waals surface area contributed by atoms with Gasteiger partial charge in [-0.25, -0.2) is 9.97 Å². The summed E-state index contributed by atoms with van der Waals surface area (Å²) < 4.78 is 5.43. The van der Waals surface area contributed by atoms with E-state index in [9.17, 15) is 0 Å². The number of hydrogen-bond acceptors (Lipinski definition) is 4. The van der Waals surface area contributed by atoms with Gasteiger partial charge < -0.3 is 10.1 Å². The molecule has 1 saturated heterocycles. The molecule has 0 amide bonds. The molecule has 1 aromatic rings. The number of hydrogen-bond donors (Lipinski definition) is 1. The van der Waals surface area contributed by atoms with Crippen LogP contribution in [-0.2, 0) is 4.74 Å². The molecule has 0 bridgehead atoms. The summed E-state index contributed by atoms with van der Waals surface area (Å²) in [5, 5.41) is 4.14. The van der Waals surface area contributed by atoms with E-state index in [2.05, 4.69) is 17.2 Å². The van der Waals surface area contributed by atoms with Gasteiger partial charge in [0.1, 0.15) is 16.8 Å². The van der Waals surface area contributed by atoms with Crippen molar-refractivity contribution in [3.05, 3.63) is 16.5 Å². The van der Waals surface area contributed by atoms with Crippen LogP contribution >= 0.6 is 11.6 Å². The molecule has 3 rings (SSSR count). The molecule has 2 aliphatic rings. The highest BCUT2D eigenvalue weighted by atomic mass is 35.5. The predicted octanol–water partition coefficient (Wildman–Crippen LogP) is 3.54. The molecule has 0 radical (unpaired) electrons. The fourth-order valence-corrected chi connectivity index (χ4v) is 2.90. The van der Waals surface area contributed by atoms with Gasteiger partial charge >= 0.3 is 0 Å². The van der Waals surface area contributed by atoms with Crippen LogP contribution in [0.2, 0.25) is 5.15 Å². The average molecular weight is 296 g/mol. The maximum Gasteiger partial charge on any atom is 0.137 e. The Morgan fingerprint density at radius 1 is 1.20 bits per heavy atom. The monoisotopic (exact) mass is 295 g/mol. The van der Waals surface area contributed by atoms with E-state index in [1.54, 1.807) is 0 Å². The fourth-order valence-electron chi connectivity index (χ4n) is 2.72. The first-order valence-corrected chi connectivity index (χ1v) is 7.91.